The van der Waals surface area contributed by atoms with E-state index in [0.717, 1.165) is 9.90 Å². The van der Waals surface area contributed by atoms with Gasteiger partial charge in [0.25, 0.3) is 5.91 Å². The molecule has 8 heteroatoms. The molecule has 0 radical (unpaired) electrons. The quantitative estimate of drug-likeness (QED) is 0.649. The molecule has 1 aromatic heterocycles. The Balaban J connectivity index is 1.92. The van der Waals surface area contributed by atoms with Crippen LogP contribution in [-0.4, -0.2) is 39.7 Å². The lowest BCUT2D eigenvalue weighted by Crippen LogP contribution is -2.40. The molecule has 3 N–H and O–H groups in total. The number of carbonyl (C=O) groups excluding carboxylic acids is 2. The van der Waals surface area contributed by atoms with E-state index in [0.29, 0.717) is 17.4 Å². The molecule has 0 saturated carbocycles. The Morgan fingerprint density at radius 2 is 2.16 bits per heavy atom. The van der Waals surface area contributed by atoms with Crippen LogP contribution in [0.2, 0.25) is 0 Å². The molecule has 1 aliphatic heterocycles. The van der Waals surface area contributed by atoms with Gasteiger partial charge in [-0.1, -0.05) is 11.3 Å². The van der Waals surface area contributed by atoms with Crippen LogP contribution >= 0.6 is 23.1 Å². The molecule has 0 bridgehead atoms. The van der Waals surface area contributed by atoms with Crippen LogP contribution in [0.1, 0.15) is 19.5 Å². The Labute approximate surface area is 119 Å². The fourth-order valence-corrected chi connectivity index (χ4v) is 3.81. The van der Waals surface area contributed by atoms with E-state index >= 15 is 0 Å². The Morgan fingerprint density at radius 3 is 2.63 bits per heavy atom. The third-order valence-electron chi connectivity index (χ3n) is 2.76. The number of urea groups is 1. The number of nitrogens with one attached hydrogen (secondary N) is 1. The highest BCUT2D eigenvalue weighted by Crippen LogP contribution is 2.30. The van der Waals surface area contributed by atoms with Crippen LogP contribution in [0, 0.1) is 6.92 Å². The minimum atomic E-state index is -0.799. The standard InChI is InChI=1S/C11H16N4O2S2/c1-6-7(19-9(12)13-6)18-5-4-15-8(16)11(2,3)14-10(15)17/h4-5H2,1-3H3,(H2,12,13)(H,14,17). The molecule has 3 amide bonds. The molecule has 0 aliphatic carbocycles. The number of rotatable bonds is 4. The zero-order valence-electron chi connectivity index (χ0n) is 11.0. The molecule has 0 unspecified atom stereocenters. The minimum Gasteiger partial charge on any atom is -0.375 e. The first-order valence-corrected chi connectivity index (χ1v) is 7.61. The van der Waals surface area contributed by atoms with Crippen LogP contribution in [0.4, 0.5) is 9.93 Å². The van der Waals surface area contributed by atoms with E-state index in [-0.39, 0.29) is 11.9 Å². The van der Waals surface area contributed by atoms with Crippen molar-refractivity contribution < 1.29 is 9.59 Å². The van der Waals surface area contributed by atoms with Gasteiger partial charge in [-0.3, -0.25) is 9.69 Å². The number of carbonyl (C=O) groups is 2. The van der Waals surface area contributed by atoms with Gasteiger partial charge >= 0.3 is 6.03 Å². The minimum absolute atomic E-state index is 0.182. The van der Waals surface area contributed by atoms with Gasteiger partial charge in [0, 0.05) is 12.3 Å². The maximum atomic E-state index is 12.0. The van der Waals surface area contributed by atoms with Crippen molar-refractivity contribution in [1.82, 2.24) is 15.2 Å². The number of amides is 3. The van der Waals surface area contributed by atoms with Crippen LogP contribution in [-0.2, 0) is 4.79 Å². The number of thioether (sulfide) groups is 1. The first-order valence-electron chi connectivity index (χ1n) is 5.81. The summed E-state index contributed by atoms with van der Waals surface area (Å²) in [6.45, 7) is 5.69. The summed E-state index contributed by atoms with van der Waals surface area (Å²) in [5, 5.41) is 3.19. The lowest BCUT2D eigenvalue weighted by molar-refractivity contribution is -0.130. The summed E-state index contributed by atoms with van der Waals surface area (Å²) in [7, 11) is 0. The molecule has 1 fully saturated rings. The average molecular weight is 300 g/mol. The van der Waals surface area contributed by atoms with E-state index in [4.69, 9.17) is 5.73 Å². The second-order valence-electron chi connectivity index (χ2n) is 4.79. The number of hydrogen-bond donors (Lipinski definition) is 2. The topological polar surface area (TPSA) is 88.3 Å². The number of imide groups is 1. The van der Waals surface area contributed by atoms with Gasteiger partial charge < -0.3 is 11.1 Å². The monoisotopic (exact) mass is 300 g/mol. The number of aromatic nitrogens is 1. The van der Waals surface area contributed by atoms with Crippen molar-refractivity contribution >= 4 is 40.2 Å². The van der Waals surface area contributed by atoms with Gasteiger partial charge in [0.2, 0.25) is 0 Å². The van der Waals surface area contributed by atoms with Crippen LogP contribution in [0.25, 0.3) is 0 Å². The molecule has 0 spiro atoms. The summed E-state index contributed by atoms with van der Waals surface area (Å²) >= 11 is 2.98. The van der Waals surface area contributed by atoms with Gasteiger partial charge in [0.15, 0.2) is 5.13 Å². The summed E-state index contributed by atoms with van der Waals surface area (Å²) in [5.41, 5.74) is 5.71. The van der Waals surface area contributed by atoms with Crippen molar-refractivity contribution in [2.75, 3.05) is 18.0 Å². The van der Waals surface area contributed by atoms with Gasteiger partial charge in [-0.2, -0.15) is 0 Å². The highest BCUT2D eigenvalue weighted by molar-refractivity contribution is 8.01. The van der Waals surface area contributed by atoms with E-state index in [1.54, 1.807) is 25.6 Å². The number of thiazole rings is 1. The fourth-order valence-electron chi connectivity index (χ4n) is 1.79. The van der Waals surface area contributed by atoms with E-state index in [9.17, 15) is 9.59 Å². The zero-order valence-corrected chi connectivity index (χ0v) is 12.7. The third-order valence-corrected chi connectivity index (χ3v) is 5.09. The maximum Gasteiger partial charge on any atom is 0.325 e. The van der Waals surface area contributed by atoms with E-state index in [1.807, 2.05) is 6.92 Å². The predicted molar refractivity (Wildman–Crippen MR) is 76.3 cm³/mol. The molecule has 6 nitrogen and oxygen atoms in total. The van der Waals surface area contributed by atoms with E-state index in [2.05, 4.69) is 10.3 Å². The summed E-state index contributed by atoms with van der Waals surface area (Å²) in [6, 6.07) is -0.323. The molecular formula is C11H16N4O2S2. The van der Waals surface area contributed by atoms with Crippen molar-refractivity contribution in [1.29, 1.82) is 0 Å². The number of nitrogen functional groups attached to an aromatic ring is 1. The molecule has 0 atom stereocenters. The van der Waals surface area contributed by atoms with Gasteiger partial charge in [-0.25, -0.2) is 9.78 Å². The number of hydrogen-bond acceptors (Lipinski definition) is 6. The highest BCUT2D eigenvalue weighted by atomic mass is 32.2. The molecular weight excluding hydrogens is 284 g/mol. The number of anilines is 1. The third kappa shape index (κ3) is 2.84. The van der Waals surface area contributed by atoms with Crippen molar-refractivity contribution in [2.45, 2.75) is 30.5 Å². The molecule has 1 aliphatic rings. The van der Waals surface area contributed by atoms with E-state index < -0.39 is 5.54 Å². The number of nitrogens with two attached hydrogens (primary N) is 1. The van der Waals surface area contributed by atoms with Crippen molar-refractivity contribution in [3.05, 3.63) is 5.69 Å². The maximum absolute atomic E-state index is 12.0. The van der Waals surface area contributed by atoms with E-state index in [1.165, 1.54) is 16.2 Å². The lowest BCUT2D eigenvalue weighted by Gasteiger charge is -2.15. The number of aryl methyl sites for hydroxylation is 1. The van der Waals surface area contributed by atoms with Crippen LogP contribution in [0.15, 0.2) is 4.21 Å². The molecule has 19 heavy (non-hydrogen) atoms. The molecule has 2 heterocycles. The van der Waals surface area contributed by atoms with Crippen molar-refractivity contribution in [3.63, 3.8) is 0 Å². The van der Waals surface area contributed by atoms with Crippen LogP contribution in [0.3, 0.4) is 0 Å². The SMILES string of the molecule is Cc1nc(N)sc1SCCN1C(=O)NC(C)(C)C1=O. The molecule has 104 valence electrons. The molecule has 2 rings (SSSR count). The summed E-state index contributed by atoms with van der Waals surface area (Å²) in [5.74, 6) is 0.455. The molecule has 1 saturated heterocycles. The van der Waals surface area contributed by atoms with Crippen LogP contribution < -0.4 is 11.1 Å². The second-order valence-corrected chi connectivity index (χ2v) is 7.18. The summed E-state index contributed by atoms with van der Waals surface area (Å²) in [6.07, 6.45) is 0. The second kappa shape index (κ2) is 5.01. The normalized spacial score (nSPS) is 17.9. The summed E-state index contributed by atoms with van der Waals surface area (Å²) < 4.78 is 1.03. The Morgan fingerprint density at radius 1 is 1.47 bits per heavy atom. The Kier molecular flexibility index (Phi) is 3.73. The smallest absolute Gasteiger partial charge is 0.325 e. The lowest BCUT2D eigenvalue weighted by atomic mass is 10.1. The largest absolute Gasteiger partial charge is 0.375 e. The molecule has 1 aromatic rings. The Bertz CT molecular complexity index is 527. The van der Waals surface area contributed by atoms with Crippen LogP contribution in [0.5, 0.6) is 0 Å². The fraction of sp³-hybridized carbons (Fsp3) is 0.545. The Hall–Kier alpha value is -1.28. The molecule has 0 aromatic carbocycles. The zero-order chi connectivity index (χ0) is 14.2. The van der Waals surface area contributed by atoms with Gasteiger partial charge in [0.05, 0.1) is 9.90 Å². The van der Waals surface area contributed by atoms with Crippen molar-refractivity contribution in [3.8, 4) is 0 Å². The first kappa shape index (κ1) is 14.1. The highest BCUT2D eigenvalue weighted by Gasteiger charge is 2.43. The first-order chi connectivity index (χ1) is 8.81. The summed E-state index contributed by atoms with van der Waals surface area (Å²) in [4.78, 5) is 29.0. The van der Waals surface area contributed by atoms with Gasteiger partial charge in [-0.15, -0.1) is 11.8 Å². The van der Waals surface area contributed by atoms with Gasteiger partial charge in [0.1, 0.15) is 5.54 Å². The van der Waals surface area contributed by atoms with Gasteiger partial charge in [-0.05, 0) is 20.8 Å². The predicted octanol–water partition coefficient (Wildman–Crippen LogP) is 1.46. The average Bonchev–Trinajstić information content (AvgIpc) is 2.70. The van der Waals surface area contributed by atoms with Crippen molar-refractivity contribution in [2.24, 2.45) is 0 Å². The number of nitrogens with zero attached hydrogens (tertiary/aromatic N) is 2.